The van der Waals surface area contributed by atoms with Gasteiger partial charge in [-0.05, 0) is 48.9 Å². The highest BCUT2D eigenvalue weighted by Gasteiger charge is 2.51. The molecule has 3 rings (SSSR count). The van der Waals surface area contributed by atoms with Gasteiger partial charge in [0.15, 0.2) is 0 Å². The zero-order valence-electron chi connectivity index (χ0n) is 11.7. The number of para-hydroxylation sites is 1. The van der Waals surface area contributed by atoms with Crippen LogP contribution < -0.4 is 5.32 Å². The Morgan fingerprint density at radius 3 is 2.43 bits per heavy atom. The van der Waals surface area contributed by atoms with E-state index in [1.807, 2.05) is 30.5 Å². The van der Waals surface area contributed by atoms with Crippen LogP contribution in [-0.4, -0.2) is 12.2 Å². The van der Waals surface area contributed by atoms with Crippen LogP contribution >= 0.6 is 11.8 Å². The van der Waals surface area contributed by atoms with E-state index in [1.165, 1.54) is 12.1 Å². The third-order valence-electron chi connectivity index (χ3n) is 3.94. The van der Waals surface area contributed by atoms with E-state index in [2.05, 4.69) is 5.32 Å². The molecular formula is C17H16FNOS. The molecule has 1 aliphatic rings. The lowest BCUT2D eigenvalue weighted by atomic mass is 9.95. The van der Waals surface area contributed by atoms with Crippen LogP contribution in [0.3, 0.4) is 0 Å². The first-order valence-corrected chi connectivity index (χ1v) is 8.09. The second kappa shape index (κ2) is 5.53. The molecule has 4 heteroatoms. The Labute approximate surface area is 127 Å². The molecule has 2 aromatic rings. The van der Waals surface area contributed by atoms with Crippen LogP contribution in [0.1, 0.15) is 18.4 Å². The lowest BCUT2D eigenvalue weighted by molar-refractivity contribution is -0.118. The Morgan fingerprint density at radius 2 is 1.81 bits per heavy atom. The fourth-order valence-electron chi connectivity index (χ4n) is 2.53. The van der Waals surface area contributed by atoms with Crippen molar-refractivity contribution in [1.29, 1.82) is 0 Å². The number of rotatable bonds is 4. The fraction of sp³-hybridized carbons (Fsp3) is 0.235. The predicted octanol–water partition coefficient (Wildman–Crippen LogP) is 4.22. The Balaban J connectivity index is 1.83. The van der Waals surface area contributed by atoms with E-state index < -0.39 is 5.41 Å². The van der Waals surface area contributed by atoms with Gasteiger partial charge in [0.1, 0.15) is 5.82 Å². The minimum Gasteiger partial charge on any atom is -0.324 e. The van der Waals surface area contributed by atoms with E-state index in [1.54, 1.807) is 23.9 Å². The molecule has 0 unspecified atom stereocenters. The number of hydrogen-bond acceptors (Lipinski definition) is 2. The van der Waals surface area contributed by atoms with Crippen LogP contribution in [0.2, 0.25) is 0 Å². The number of hydrogen-bond donors (Lipinski definition) is 1. The molecule has 2 aromatic carbocycles. The van der Waals surface area contributed by atoms with Gasteiger partial charge in [-0.1, -0.05) is 24.3 Å². The smallest absolute Gasteiger partial charge is 0.235 e. The summed E-state index contributed by atoms with van der Waals surface area (Å²) < 4.78 is 13.0. The highest BCUT2D eigenvalue weighted by atomic mass is 32.2. The number of anilines is 1. The Hall–Kier alpha value is -1.81. The van der Waals surface area contributed by atoms with Gasteiger partial charge in [-0.25, -0.2) is 4.39 Å². The third-order valence-corrected chi connectivity index (χ3v) is 4.73. The van der Waals surface area contributed by atoms with Crippen molar-refractivity contribution in [3.8, 4) is 0 Å². The van der Waals surface area contributed by atoms with Crippen LogP contribution in [0.25, 0.3) is 0 Å². The predicted molar refractivity (Wildman–Crippen MR) is 84.2 cm³/mol. The molecule has 1 N–H and O–H groups in total. The van der Waals surface area contributed by atoms with Crippen LogP contribution in [-0.2, 0) is 10.2 Å². The summed E-state index contributed by atoms with van der Waals surface area (Å²) in [6.45, 7) is 0. The first-order valence-electron chi connectivity index (χ1n) is 6.86. The molecule has 0 spiro atoms. The molecule has 1 saturated carbocycles. The van der Waals surface area contributed by atoms with Crippen LogP contribution in [0, 0.1) is 5.82 Å². The summed E-state index contributed by atoms with van der Waals surface area (Å²) >= 11 is 1.60. The van der Waals surface area contributed by atoms with Crippen molar-refractivity contribution in [2.45, 2.75) is 23.2 Å². The molecule has 0 heterocycles. The van der Waals surface area contributed by atoms with Crippen LogP contribution in [0.15, 0.2) is 53.4 Å². The standard InChI is InChI=1S/C17H16FNOS/c1-21-15-5-3-2-4-14(15)19-16(20)17(10-11-17)12-6-8-13(18)9-7-12/h2-9H,10-11H2,1H3,(H,19,20). The summed E-state index contributed by atoms with van der Waals surface area (Å²) in [7, 11) is 0. The molecule has 0 bridgehead atoms. The second-order valence-electron chi connectivity index (χ2n) is 5.24. The summed E-state index contributed by atoms with van der Waals surface area (Å²) in [5.41, 5.74) is 1.24. The monoisotopic (exact) mass is 301 g/mol. The second-order valence-corrected chi connectivity index (χ2v) is 6.09. The summed E-state index contributed by atoms with van der Waals surface area (Å²) in [5, 5.41) is 3.02. The van der Waals surface area contributed by atoms with E-state index >= 15 is 0 Å². The van der Waals surface area contributed by atoms with Crippen LogP contribution in [0.4, 0.5) is 10.1 Å². The largest absolute Gasteiger partial charge is 0.324 e. The summed E-state index contributed by atoms with van der Waals surface area (Å²) in [5.74, 6) is -0.279. The quantitative estimate of drug-likeness (QED) is 0.857. The average Bonchev–Trinajstić information content (AvgIpc) is 3.30. The van der Waals surface area contributed by atoms with E-state index in [0.29, 0.717) is 0 Å². The summed E-state index contributed by atoms with van der Waals surface area (Å²) in [6, 6.07) is 14.0. The van der Waals surface area contributed by atoms with Gasteiger partial charge in [0.25, 0.3) is 0 Å². The van der Waals surface area contributed by atoms with E-state index in [9.17, 15) is 9.18 Å². The molecule has 1 amide bonds. The van der Waals surface area contributed by atoms with Crippen molar-refractivity contribution < 1.29 is 9.18 Å². The molecule has 0 aliphatic heterocycles. The van der Waals surface area contributed by atoms with Crippen molar-refractivity contribution in [3.05, 3.63) is 59.9 Å². The maximum atomic E-state index is 13.0. The lowest BCUT2D eigenvalue weighted by Gasteiger charge is -2.17. The maximum Gasteiger partial charge on any atom is 0.235 e. The minimum absolute atomic E-state index is 0.00407. The van der Waals surface area contributed by atoms with E-state index in [4.69, 9.17) is 0 Å². The highest BCUT2D eigenvalue weighted by molar-refractivity contribution is 7.98. The number of carbonyl (C=O) groups is 1. The van der Waals surface area contributed by atoms with Crippen LogP contribution in [0.5, 0.6) is 0 Å². The first-order chi connectivity index (χ1) is 10.2. The van der Waals surface area contributed by atoms with E-state index in [-0.39, 0.29) is 11.7 Å². The Morgan fingerprint density at radius 1 is 1.14 bits per heavy atom. The zero-order valence-corrected chi connectivity index (χ0v) is 12.5. The molecular weight excluding hydrogens is 285 g/mol. The van der Waals surface area contributed by atoms with Gasteiger partial charge in [-0.3, -0.25) is 4.79 Å². The van der Waals surface area contributed by atoms with Gasteiger partial charge >= 0.3 is 0 Å². The van der Waals surface area contributed by atoms with Gasteiger partial charge in [-0.15, -0.1) is 11.8 Å². The maximum absolute atomic E-state index is 13.0. The van der Waals surface area contributed by atoms with Gasteiger partial charge in [0, 0.05) is 4.90 Å². The van der Waals surface area contributed by atoms with Crippen molar-refractivity contribution in [1.82, 2.24) is 0 Å². The SMILES string of the molecule is CSc1ccccc1NC(=O)C1(c2ccc(F)cc2)CC1. The third kappa shape index (κ3) is 2.68. The number of halogens is 1. The average molecular weight is 301 g/mol. The normalized spacial score (nSPS) is 15.5. The molecule has 1 aliphatic carbocycles. The number of nitrogens with one attached hydrogen (secondary N) is 1. The zero-order chi connectivity index (χ0) is 14.9. The minimum atomic E-state index is -0.487. The molecule has 0 atom stereocenters. The molecule has 21 heavy (non-hydrogen) atoms. The molecule has 0 aromatic heterocycles. The molecule has 108 valence electrons. The molecule has 2 nitrogen and oxygen atoms in total. The number of thioether (sulfide) groups is 1. The number of benzene rings is 2. The van der Waals surface area contributed by atoms with Gasteiger partial charge in [0.2, 0.25) is 5.91 Å². The van der Waals surface area contributed by atoms with E-state index in [0.717, 1.165) is 29.0 Å². The topological polar surface area (TPSA) is 29.1 Å². The lowest BCUT2D eigenvalue weighted by Crippen LogP contribution is -2.28. The molecule has 1 fully saturated rings. The highest BCUT2D eigenvalue weighted by Crippen LogP contribution is 2.49. The Kier molecular flexibility index (Phi) is 3.72. The number of carbonyl (C=O) groups excluding carboxylic acids is 1. The van der Waals surface area contributed by atoms with Gasteiger partial charge < -0.3 is 5.32 Å². The van der Waals surface area contributed by atoms with Crippen molar-refractivity contribution in [3.63, 3.8) is 0 Å². The summed E-state index contributed by atoms with van der Waals surface area (Å²) in [4.78, 5) is 13.7. The van der Waals surface area contributed by atoms with Crippen molar-refractivity contribution in [2.24, 2.45) is 0 Å². The van der Waals surface area contributed by atoms with Gasteiger partial charge in [-0.2, -0.15) is 0 Å². The summed E-state index contributed by atoms with van der Waals surface area (Å²) in [6.07, 6.45) is 3.61. The molecule has 0 radical (unpaired) electrons. The van der Waals surface area contributed by atoms with Crippen molar-refractivity contribution in [2.75, 3.05) is 11.6 Å². The number of amides is 1. The fourth-order valence-corrected chi connectivity index (χ4v) is 3.08. The van der Waals surface area contributed by atoms with Gasteiger partial charge in [0.05, 0.1) is 11.1 Å². The molecule has 0 saturated heterocycles. The first kappa shape index (κ1) is 14.1. The van der Waals surface area contributed by atoms with Crippen molar-refractivity contribution >= 4 is 23.4 Å². The Bertz CT molecular complexity index is 665.